The molecule has 0 aliphatic carbocycles. The molecule has 1 saturated heterocycles. The molecule has 0 amide bonds. The van der Waals surface area contributed by atoms with Crippen molar-refractivity contribution in [3.63, 3.8) is 0 Å². The van der Waals surface area contributed by atoms with Gasteiger partial charge >= 0.3 is 0 Å². The molecule has 2 rings (SSSR count). The van der Waals surface area contributed by atoms with E-state index in [2.05, 4.69) is 32.9 Å². The number of halogens is 1. The van der Waals surface area contributed by atoms with Gasteiger partial charge in [-0.3, -0.25) is 4.79 Å². The van der Waals surface area contributed by atoms with Gasteiger partial charge in [0.15, 0.2) is 0 Å². The van der Waals surface area contributed by atoms with Gasteiger partial charge in [0.2, 0.25) is 0 Å². The predicted octanol–water partition coefficient (Wildman–Crippen LogP) is 0.172. The van der Waals surface area contributed by atoms with Crippen LogP contribution in [0.25, 0.3) is 0 Å². The molecule has 0 aromatic carbocycles. The van der Waals surface area contributed by atoms with Crippen molar-refractivity contribution in [2.45, 2.75) is 25.9 Å². The second kappa shape index (κ2) is 6.02. The van der Waals surface area contributed by atoms with E-state index >= 15 is 0 Å². The zero-order chi connectivity index (χ0) is 14.0. The fraction of sp³-hybridized carbons (Fsp3) is 0.667. The topological polar surface area (TPSA) is 84.4 Å². The van der Waals surface area contributed by atoms with E-state index in [0.717, 1.165) is 18.7 Å². The van der Waals surface area contributed by atoms with Gasteiger partial charge in [-0.2, -0.15) is 5.10 Å². The van der Waals surface area contributed by atoms with Crippen LogP contribution >= 0.6 is 15.9 Å². The molecule has 0 spiro atoms. The summed E-state index contributed by atoms with van der Waals surface area (Å²) in [6, 6.07) is 0.347. The summed E-state index contributed by atoms with van der Waals surface area (Å²) in [6.07, 6.45) is 2.71. The van der Waals surface area contributed by atoms with Gasteiger partial charge in [-0.25, -0.2) is 4.68 Å². The van der Waals surface area contributed by atoms with E-state index in [1.807, 2.05) is 0 Å². The second-order valence-corrected chi connectivity index (χ2v) is 5.73. The average molecular weight is 331 g/mol. The minimum absolute atomic E-state index is 0.103. The highest BCUT2D eigenvalue weighted by Crippen LogP contribution is 2.31. The Morgan fingerprint density at radius 3 is 2.95 bits per heavy atom. The van der Waals surface area contributed by atoms with E-state index in [-0.39, 0.29) is 18.7 Å². The van der Waals surface area contributed by atoms with Crippen molar-refractivity contribution in [3.8, 4) is 0 Å². The summed E-state index contributed by atoms with van der Waals surface area (Å²) < 4.78 is 1.76. The third-order valence-electron chi connectivity index (χ3n) is 3.58. The second-order valence-electron chi connectivity index (χ2n) is 4.93. The van der Waals surface area contributed by atoms with Crippen LogP contribution in [0.2, 0.25) is 0 Å². The molecule has 6 nitrogen and oxygen atoms in total. The monoisotopic (exact) mass is 330 g/mol. The fourth-order valence-corrected chi connectivity index (χ4v) is 3.09. The highest BCUT2D eigenvalue weighted by molar-refractivity contribution is 9.10. The number of aromatic nitrogens is 2. The Morgan fingerprint density at radius 1 is 1.63 bits per heavy atom. The van der Waals surface area contributed by atoms with Gasteiger partial charge in [0.1, 0.15) is 4.47 Å². The van der Waals surface area contributed by atoms with Crippen LogP contribution in [-0.4, -0.2) is 40.6 Å². The molecule has 1 aliphatic rings. The summed E-state index contributed by atoms with van der Waals surface area (Å²) in [5, 5.41) is 13.0. The normalized spacial score (nSPS) is 23.1. The zero-order valence-electron chi connectivity index (χ0n) is 10.9. The maximum atomic E-state index is 12.1. The number of hydrogen-bond donors (Lipinski definition) is 2. The fourth-order valence-electron chi connectivity index (χ4n) is 2.56. The molecule has 106 valence electrons. The summed E-state index contributed by atoms with van der Waals surface area (Å²) in [6.45, 7) is 3.74. The number of nitrogens with zero attached hydrogens (tertiary/aromatic N) is 3. The first-order valence-corrected chi connectivity index (χ1v) is 7.21. The Balaban J connectivity index is 2.31. The Morgan fingerprint density at radius 2 is 2.37 bits per heavy atom. The zero-order valence-corrected chi connectivity index (χ0v) is 12.5. The van der Waals surface area contributed by atoms with Crippen molar-refractivity contribution < 1.29 is 5.11 Å². The Hall–Kier alpha value is -0.920. The Kier molecular flexibility index (Phi) is 4.59. The molecule has 2 heterocycles. The lowest BCUT2D eigenvalue weighted by atomic mass is 10.1. The van der Waals surface area contributed by atoms with Crippen molar-refractivity contribution in [1.82, 2.24) is 9.78 Å². The average Bonchev–Trinajstić information content (AvgIpc) is 2.77. The molecule has 0 saturated carbocycles. The summed E-state index contributed by atoms with van der Waals surface area (Å²) in [5.74, 6) is 0.460. The molecule has 1 aromatic heterocycles. The molecule has 19 heavy (non-hydrogen) atoms. The highest BCUT2D eigenvalue weighted by atomic mass is 79.9. The van der Waals surface area contributed by atoms with E-state index in [4.69, 9.17) is 10.8 Å². The minimum atomic E-state index is -0.213. The van der Waals surface area contributed by atoms with Gasteiger partial charge in [0.25, 0.3) is 5.56 Å². The van der Waals surface area contributed by atoms with Crippen molar-refractivity contribution in [1.29, 1.82) is 0 Å². The summed E-state index contributed by atoms with van der Waals surface area (Å²) in [7, 11) is 0. The van der Waals surface area contributed by atoms with Crippen LogP contribution in [-0.2, 0) is 6.54 Å². The number of aliphatic hydroxyl groups excluding tert-OH is 1. The molecule has 0 bridgehead atoms. The van der Waals surface area contributed by atoms with Crippen LogP contribution in [0.15, 0.2) is 15.5 Å². The maximum Gasteiger partial charge on any atom is 0.283 e. The molecule has 2 atom stereocenters. The molecular weight excluding hydrogens is 312 g/mol. The third kappa shape index (κ3) is 2.82. The smallest absolute Gasteiger partial charge is 0.283 e. The number of nitrogens with two attached hydrogens (primary N) is 1. The highest BCUT2D eigenvalue weighted by Gasteiger charge is 2.30. The molecule has 7 heteroatoms. The van der Waals surface area contributed by atoms with Crippen LogP contribution in [0.4, 0.5) is 5.69 Å². The summed E-state index contributed by atoms with van der Waals surface area (Å²) >= 11 is 3.35. The van der Waals surface area contributed by atoms with Gasteiger partial charge in [-0.05, 0) is 41.7 Å². The first-order chi connectivity index (χ1) is 9.08. The van der Waals surface area contributed by atoms with Crippen molar-refractivity contribution in [2.24, 2.45) is 11.7 Å². The first-order valence-electron chi connectivity index (χ1n) is 6.41. The molecule has 1 aliphatic heterocycles. The van der Waals surface area contributed by atoms with E-state index < -0.39 is 0 Å². The van der Waals surface area contributed by atoms with E-state index in [0.29, 0.717) is 23.0 Å². The molecule has 0 radical (unpaired) electrons. The third-order valence-corrected chi connectivity index (χ3v) is 4.33. The minimum Gasteiger partial charge on any atom is -0.394 e. The lowest BCUT2D eigenvalue weighted by Crippen LogP contribution is -2.32. The van der Waals surface area contributed by atoms with Crippen molar-refractivity contribution in [3.05, 3.63) is 21.0 Å². The lowest BCUT2D eigenvalue weighted by Gasteiger charge is -2.24. The van der Waals surface area contributed by atoms with Gasteiger partial charge in [0.05, 0.1) is 25.0 Å². The van der Waals surface area contributed by atoms with E-state index in [1.54, 1.807) is 6.20 Å². The molecule has 2 unspecified atom stereocenters. The molecule has 1 fully saturated rings. The first kappa shape index (κ1) is 14.5. The Labute approximate surface area is 120 Å². The number of rotatable bonds is 4. The lowest BCUT2D eigenvalue weighted by molar-refractivity contribution is 0.266. The van der Waals surface area contributed by atoms with Crippen LogP contribution in [0.5, 0.6) is 0 Å². The maximum absolute atomic E-state index is 12.1. The van der Waals surface area contributed by atoms with Crippen LogP contribution in [0.3, 0.4) is 0 Å². The van der Waals surface area contributed by atoms with E-state index in [1.165, 1.54) is 4.68 Å². The van der Waals surface area contributed by atoms with Crippen LogP contribution in [0.1, 0.15) is 13.3 Å². The standard InChI is InChI=1S/C12H19BrN4O2/c1-8-4-9(5-14)7-16(8)10-6-15-17(2-3-18)12(19)11(10)13/h6,8-9,18H,2-5,7,14H2,1H3. The largest absolute Gasteiger partial charge is 0.394 e. The van der Waals surface area contributed by atoms with Gasteiger partial charge in [-0.1, -0.05) is 0 Å². The van der Waals surface area contributed by atoms with Crippen LogP contribution < -0.4 is 16.2 Å². The molecule has 3 N–H and O–H groups in total. The van der Waals surface area contributed by atoms with Crippen molar-refractivity contribution in [2.75, 3.05) is 24.6 Å². The van der Waals surface area contributed by atoms with Crippen molar-refractivity contribution >= 4 is 21.6 Å². The quantitative estimate of drug-likeness (QED) is 0.822. The summed E-state index contributed by atoms with van der Waals surface area (Å²) in [5.41, 5.74) is 6.32. The number of anilines is 1. The van der Waals surface area contributed by atoms with Crippen LogP contribution in [0, 0.1) is 5.92 Å². The van der Waals surface area contributed by atoms with Gasteiger partial charge in [0, 0.05) is 12.6 Å². The Bertz CT molecular complexity index is 505. The molecule has 1 aromatic rings. The van der Waals surface area contributed by atoms with Gasteiger partial charge < -0.3 is 15.7 Å². The SMILES string of the molecule is CC1CC(CN)CN1c1cnn(CCO)c(=O)c1Br. The predicted molar refractivity (Wildman–Crippen MR) is 77.3 cm³/mol. The number of aliphatic hydroxyl groups is 1. The molecular formula is C12H19BrN4O2. The summed E-state index contributed by atoms with van der Waals surface area (Å²) in [4.78, 5) is 14.3. The van der Waals surface area contributed by atoms with E-state index in [9.17, 15) is 4.79 Å². The number of hydrogen-bond acceptors (Lipinski definition) is 5. The van der Waals surface area contributed by atoms with Gasteiger partial charge in [-0.15, -0.1) is 0 Å².